The number of hydrogen-bond donors (Lipinski definition) is 2. The van der Waals surface area contributed by atoms with E-state index < -0.39 is 18.6 Å². The van der Waals surface area contributed by atoms with Crippen molar-refractivity contribution in [3.63, 3.8) is 0 Å². The van der Waals surface area contributed by atoms with Gasteiger partial charge in [-0.2, -0.15) is 13.2 Å². The largest absolute Gasteiger partial charge is 0.401 e. The number of amides is 1. The Bertz CT molecular complexity index is 410. The van der Waals surface area contributed by atoms with Crippen LogP contribution in [0.5, 0.6) is 0 Å². The van der Waals surface area contributed by atoms with E-state index in [-0.39, 0.29) is 26.1 Å². The van der Waals surface area contributed by atoms with Crippen molar-refractivity contribution in [3.05, 3.63) is 30.3 Å². The van der Waals surface area contributed by atoms with E-state index in [0.717, 1.165) is 4.90 Å². The maximum atomic E-state index is 12.4. The van der Waals surface area contributed by atoms with Gasteiger partial charge in [0.1, 0.15) is 0 Å². The number of hydrogen-bond acceptors (Lipinski definition) is 3. The molecule has 0 heterocycles. The molecule has 1 amide bonds. The minimum atomic E-state index is -4.37. The first-order valence-electron chi connectivity index (χ1n) is 6.15. The van der Waals surface area contributed by atoms with Crippen molar-refractivity contribution in [2.45, 2.75) is 12.6 Å². The van der Waals surface area contributed by atoms with Crippen LogP contribution >= 0.6 is 0 Å². The molecule has 0 atom stereocenters. The van der Waals surface area contributed by atoms with Crippen molar-refractivity contribution in [1.29, 1.82) is 0 Å². The number of nitrogens with one attached hydrogen (secondary N) is 1. The number of para-hydroxylation sites is 1. The Hall–Kier alpha value is -1.60. The summed E-state index contributed by atoms with van der Waals surface area (Å²) in [6.07, 6.45) is -4.18. The van der Waals surface area contributed by atoms with Gasteiger partial charge in [0, 0.05) is 18.8 Å². The summed E-state index contributed by atoms with van der Waals surface area (Å²) in [5.74, 6) is -0.515. The van der Waals surface area contributed by atoms with Crippen molar-refractivity contribution in [3.8, 4) is 0 Å². The highest BCUT2D eigenvalue weighted by molar-refractivity contribution is 5.92. The van der Waals surface area contributed by atoms with Gasteiger partial charge >= 0.3 is 6.18 Å². The first-order chi connectivity index (χ1) is 9.40. The molecule has 1 aromatic carbocycles. The van der Waals surface area contributed by atoms with E-state index in [1.54, 1.807) is 30.3 Å². The second-order valence-corrected chi connectivity index (χ2v) is 4.32. The number of aliphatic hydroxyl groups excluding tert-OH is 1. The molecule has 0 aliphatic carbocycles. The smallest absolute Gasteiger partial charge is 0.396 e. The van der Waals surface area contributed by atoms with Gasteiger partial charge in [0.2, 0.25) is 5.91 Å². The number of alkyl halides is 3. The first-order valence-corrected chi connectivity index (χ1v) is 6.15. The van der Waals surface area contributed by atoms with E-state index in [1.165, 1.54) is 0 Å². The molecule has 20 heavy (non-hydrogen) atoms. The average molecular weight is 290 g/mol. The van der Waals surface area contributed by atoms with Crippen molar-refractivity contribution in [2.75, 3.05) is 31.6 Å². The third-order valence-corrected chi connectivity index (χ3v) is 2.46. The molecule has 0 aliphatic rings. The summed E-state index contributed by atoms with van der Waals surface area (Å²) in [4.78, 5) is 12.7. The van der Waals surface area contributed by atoms with Crippen LogP contribution in [0.4, 0.5) is 18.9 Å². The summed E-state index contributed by atoms with van der Waals surface area (Å²) < 4.78 is 37.1. The summed E-state index contributed by atoms with van der Waals surface area (Å²) in [5, 5.41) is 11.2. The maximum Gasteiger partial charge on any atom is 0.401 e. The van der Waals surface area contributed by atoms with Gasteiger partial charge in [0.15, 0.2) is 0 Å². The molecule has 0 saturated heterocycles. The molecule has 4 nitrogen and oxygen atoms in total. The standard InChI is InChI=1S/C13H17F3N2O2/c14-13(15,16)10-18(7-4-8-19)9-12(20)17-11-5-2-1-3-6-11/h1-3,5-6,19H,4,7-10H2,(H,17,20). The van der Waals surface area contributed by atoms with Crippen LogP contribution in [0.3, 0.4) is 0 Å². The summed E-state index contributed by atoms with van der Waals surface area (Å²) in [6, 6.07) is 8.51. The number of anilines is 1. The van der Waals surface area contributed by atoms with Crippen LogP contribution in [0.15, 0.2) is 30.3 Å². The van der Waals surface area contributed by atoms with Gasteiger partial charge in [-0.25, -0.2) is 0 Å². The first kappa shape index (κ1) is 16.5. The van der Waals surface area contributed by atoms with Gasteiger partial charge in [0.05, 0.1) is 13.1 Å². The molecular formula is C13H17F3N2O2. The van der Waals surface area contributed by atoms with Gasteiger partial charge in [-0.05, 0) is 18.6 Å². The quantitative estimate of drug-likeness (QED) is 0.806. The van der Waals surface area contributed by atoms with Gasteiger partial charge in [-0.3, -0.25) is 9.69 Å². The Morgan fingerprint density at radius 1 is 1.25 bits per heavy atom. The van der Waals surface area contributed by atoms with Gasteiger partial charge in [0.25, 0.3) is 0 Å². The number of carbonyl (C=O) groups excluding carboxylic acids is 1. The second kappa shape index (κ2) is 7.86. The molecule has 0 spiro atoms. The number of benzene rings is 1. The fourth-order valence-electron chi connectivity index (χ4n) is 1.69. The number of aliphatic hydroxyl groups is 1. The zero-order chi connectivity index (χ0) is 15.0. The SMILES string of the molecule is O=C(CN(CCCO)CC(F)(F)F)Nc1ccccc1. The third-order valence-electron chi connectivity index (χ3n) is 2.46. The third kappa shape index (κ3) is 7.10. The molecule has 0 bridgehead atoms. The van der Waals surface area contributed by atoms with Crippen LogP contribution in [-0.4, -0.2) is 48.3 Å². The van der Waals surface area contributed by atoms with Crippen LogP contribution < -0.4 is 5.32 Å². The molecule has 0 radical (unpaired) electrons. The Kier molecular flexibility index (Phi) is 6.47. The van der Waals surface area contributed by atoms with E-state index in [0.29, 0.717) is 5.69 Å². The lowest BCUT2D eigenvalue weighted by Crippen LogP contribution is -2.40. The predicted molar refractivity (Wildman–Crippen MR) is 69.3 cm³/mol. The lowest BCUT2D eigenvalue weighted by molar-refractivity contribution is -0.148. The van der Waals surface area contributed by atoms with E-state index in [1.807, 2.05) is 0 Å². The monoisotopic (exact) mass is 290 g/mol. The maximum absolute atomic E-state index is 12.4. The van der Waals surface area contributed by atoms with Crippen LogP contribution in [-0.2, 0) is 4.79 Å². The Labute approximate surface area is 115 Å². The topological polar surface area (TPSA) is 52.6 Å². The molecule has 2 N–H and O–H groups in total. The molecule has 0 saturated carbocycles. The average Bonchev–Trinajstić information content (AvgIpc) is 2.35. The molecular weight excluding hydrogens is 273 g/mol. The minimum Gasteiger partial charge on any atom is -0.396 e. The van der Waals surface area contributed by atoms with Crippen molar-refractivity contribution < 1.29 is 23.1 Å². The van der Waals surface area contributed by atoms with Crippen LogP contribution in [0.25, 0.3) is 0 Å². The summed E-state index contributed by atoms with van der Waals surface area (Å²) >= 11 is 0. The number of nitrogens with zero attached hydrogens (tertiary/aromatic N) is 1. The predicted octanol–water partition coefficient (Wildman–Crippen LogP) is 1.87. The molecule has 112 valence electrons. The molecule has 7 heteroatoms. The molecule has 0 aliphatic heterocycles. The highest BCUT2D eigenvalue weighted by Gasteiger charge is 2.31. The lowest BCUT2D eigenvalue weighted by atomic mass is 10.3. The van der Waals surface area contributed by atoms with Gasteiger partial charge < -0.3 is 10.4 Å². The van der Waals surface area contributed by atoms with E-state index >= 15 is 0 Å². The zero-order valence-electron chi connectivity index (χ0n) is 10.9. The summed E-state index contributed by atoms with van der Waals surface area (Å²) in [5.41, 5.74) is 0.534. The zero-order valence-corrected chi connectivity index (χ0v) is 10.9. The summed E-state index contributed by atoms with van der Waals surface area (Å²) in [6.45, 7) is -1.74. The Balaban J connectivity index is 2.52. The highest BCUT2D eigenvalue weighted by atomic mass is 19.4. The fourth-order valence-corrected chi connectivity index (χ4v) is 1.69. The number of rotatable bonds is 7. The normalized spacial score (nSPS) is 11.7. The molecule has 0 fully saturated rings. The molecule has 0 unspecified atom stereocenters. The number of halogens is 3. The van der Waals surface area contributed by atoms with E-state index in [4.69, 9.17) is 5.11 Å². The van der Waals surface area contributed by atoms with E-state index in [2.05, 4.69) is 5.32 Å². The molecule has 0 aromatic heterocycles. The van der Waals surface area contributed by atoms with Crippen molar-refractivity contribution in [2.24, 2.45) is 0 Å². The Morgan fingerprint density at radius 2 is 1.90 bits per heavy atom. The van der Waals surface area contributed by atoms with Crippen LogP contribution in [0, 0.1) is 0 Å². The van der Waals surface area contributed by atoms with Crippen LogP contribution in [0.1, 0.15) is 6.42 Å². The van der Waals surface area contributed by atoms with Gasteiger partial charge in [-0.15, -0.1) is 0 Å². The van der Waals surface area contributed by atoms with Gasteiger partial charge in [-0.1, -0.05) is 18.2 Å². The van der Waals surface area contributed by atoms with Crippen molar-refractivity contribution in [1.82, 2.24) is 4.90 Å². The van der Waals surface area contributed by atoms with E-state index in [9.17, 15) is 18.0 Å². The van der Waals surface area contributed by atoms with Crippen LogP contribution in [0.2, 0.25) is 0 Å². The Morgan fingerprint density at radius 3 is 2.45 bits per heavy atom. The minimum absolute atomic E-state index is 0.0121. The highest BCUT2D eigenvalue weighted by Crippen LogP contribution is 2.16. The summed E-state index contributed by atoms with van der Waals surface area (Å²) in [7, 11) is 0. The number of carbonyl (C=O) groups is 1. The lowest BCUT2D eigenvalue weighted by Gasteiger charge is -2.22. The molecule has 1 aromatic rings. The molecule has 1 rings (SSSR count). The van der Waals surface area contributed by atoms with Crippen molar-refractivity contribution >= 4 is 11.6 Å². The second-order valence-electron chi connectivity index (χ2n) is 4.32. The fraction of sp³-hybridized carbons (Fsp3) is 0.462.